The van der Waals surface area contributed by atoms with E-state index in [0.29, 0.717) is 26.9 Å². The molecule has 0 saturated carbocycles. The Morgan fingerprint density at radius 2 is 1.85 bits per heavy atom. The molecular weight excluding hydrogens is 300 g/mol. The van der Waals surface area contributed by atoms with E-state index in [1.807, 2.05) is 0 Å². The molecule has 5 heteroatoms. The van der Waals surface area contributed by atoms with Crippen molar-refractivity contribution < 1.29 is 9.13 Å². The SMILES string of the molecule is C[C@H](N)c1ccc(OCc2c(Cl)cccc2Cl)cc1F. The van der Waals surface area contributed by atoms with E-state index in [2.05, 4.69) is 0 Å². The minimum absolute atomic E-state index is 0.176. The predicted molar refractivity (Wildman–Crippen MR) is 79.8 cm³/mol. The van der Waals surface area contributed by atoms with Crippen molar-refractivity contribution >= 4 is 23.2 Å². The highest BCUT2D eigenvalue weighted by Gasteiger charge is 2.10. The first-order chi connectivity index (χ1) is 9.49. The number of nitrogens with two attached hydrogens (primary N) is 1. The third-order valence-electron chi connectivity index (χ3n) is 2.91. The van der Waals surface area contributed by atoms with Crippen LogP contribution in [0.3, 0.4) is 0 Å². The molecule has 0 aromatic heterocycles. The predicted octanol–water partition coefficient (Wildman–Crippen LogP) is 4.73. The van der Waals surface area contributed by atoms with Gasteiger partial charge < -0.3 is 10.5 Å². The molecular formula is C15H14Cl2FNO. The maximum absolute atomic E-state index is 13.8. The zero-order chi connectivity index (χ0) is 14.7. The Morgan fingerprint density at radius 1 is 1.20 bits per heavy atom. The average Bonchev–Trinajstić information content (AvgIpc) is 2.37. The lowest BCUT2D eigenvalue weighted by molar-refractivity contribution is 0.304. The van der Waals surface area contributed by atoms with Crippen molar-refractivity contribution in [1.29, 1.82) is 0 Å². The van der Waals surface area contributed by atoms with E-state index in [4.69, 9.17) is 33.7 Å². The van der Waals surface area contributed by atoms with Gasteiger partial charge in [-0.15, -0.1) is 0 Å². The van der Waals surface area contributed by atoms with Crippen molar-refractivity contribution in [1.82, 2.24) is 0 Å². The van der Waals surface area contributed by atoms with Crippen LogP contribution in [0.15, 0.2) is 36.4 Å². The van der Waals surface area contributed by atoms with Crippen LogP contribution in [0, 0.1) is 5.82 Å². The molecule has 2 rings (SSSR count). The quantitative estimate of drug-likeness (QED) is 0.885. The lowest BCUT2D eigenvalue weighted by atomic mass is 10.1. The molecule has 0 bridgehead atoms. The maximum Gasteiger partial charge on any atom is 0.131 e. The molecule has 1 atom stereocenters. The van der Waals surface area contributed by atoms with Gasteiger partial charge in [0.1, 0.15) is 18.2 Å². The van der Waals surface area contributed by atoms with Crippen molar-refractivity contribution in [3.8, 4) is 5.75 Å². The number of halogens is 3. The van der Waals surface area contributed by atoms with Gasteiger partial charge in [-0.1, -0.05) is 35.3 Å². The summed E-state index contributed by atoms with van der Waals surface area (Å²) in [5.74, 6) is 0.0191. The maximum atomic E-state index is 13.8. The Balaban J connectivity index is 2.14. The van der Waals surface area contributed by atoms with Crippen molar-refractivity contribution in [3.05, 3.63) is 63.4 Å². The Morgan fingerprint density at radius 3 is 2.40 bits per heavy atom. The molecule has 0 aliphatic heterocycles. The van der Waals surface area contributed by atoms with Crippen LogP contribution < -0.4 is 10.5 Å². The number of ether oxygens (including phenoxy) is 1. The second kappa shape index (κ2) is 6.44. The van der Waals surface area contributed by atoms with Gasteiger partial charge in [-0.3, -0.25) is 0 Å². The first-order valence-electron chi connectivity index (χ1n) is 6.09. The van der Waals surface area contributed by atoms with Crippen LogP contribution in [0.4, 0.5) is 4.39 Å². The van der Waals surface area contributed by atoms with Crippen LogP contribution in [0.1, 0.15) is 24.1 Å². The molecule has 2 aromatic carbocycles. The molecule has 0 aliphatic rings. The molecule has 0 saturated heterocycles. The van der Waals surface area contributed by atoms with E-state index in [9.17, 15) is 4.39 Å². The molecule has 2 N–H and O–H groups in total. The Hall–Kier alpha value is -1.29. The van der Waals surface area contributed by atoms with Gasteiger partial charge in [-0.2, -0.15) is 0 Å². The van der Waals surface area contributed by atoms with Gasteiger partial charge in [0.15, 0.2) is 0 Å². The minimum atomic E-state index is -0.386. The first kappa shape index (κ1) is 15.1. The highest BCUT2D eigenvalue weighted by molar-refractivity contribution is 6.35. The second-order valence-electron chi connectivity index (χ2n) is 4.46. The van der Waals surface area contributed by atoms with E-state index in [0.717, 1.165) is 0 Å². The summed E-state index contributed by atoms with van der Waals surface area (Å²) in [7, 11) is 0. The Bertz CT molecular complexity index is 597. The molecule has 106 valence electrons. The van der Waals surface area contributed by atoms with Gasteiger partial charge in [0.2, 0.25) is 0 Å². The van der Waals surface area contributed by atoms with Crippen molar-refractivity contribution in [3.63, 3.8) is 0 Å². The van der Waals surface area contributed by atoms with Gasteiger partial charge in [-0.25, -0.2) is 4.39 Å². The van der Waals surface area contributed by atoms with E-state index < -0.39 is 0 Å². The molecule has 2 aromatic rings. The number of benzene rings is 2. The highest BCUT2D eigenvalue weighted by atomic mass is 35.5. The summed E-state index contributed by atoms with van der Waals surface area (Å²) in [4.78, 5) is 0. The lowest BCUT2D eigenvalue weighted by Gasteiger charge is -2.12. The van der Waals surface area contributed by atoms with Crippen LogP contribution in [0.25, 0.3) is 0 Å². The molecule has 0 radical (unpaired) electrons. The standard InChI is InChI=1S/C15H14Cl2FNO/c1-9(19)11-6-5-10(7-15(11)18)20-8-12-13(16)3-2-4-14(12)17/h2-7,9H,8,19H2,1H3/t9-/m0/s1. The van der Waals surface area contributed by atoms with E-state index in [1.54, 1.807) is 37.3 Å². The monoisotopic (exact) mass is 313 g/mol. The summed E-state index contributed by atoms with van der Waals surface area (Å²) >= 11 is 12.1. The van der Waals surface area contributed by atoms with Crippen molar-refractivity contribution in [2.24, 2.45) is 5.73 Å². The fraction of sp³-hybridized carbons (Fsp3) is 0.200. The molecule has 0 heterocycles. The van der Waals surface area contributed by atoms with Crippen molar-refractivity contribution in [2.45, 2.75) is 19.6 Å². The van der Waals surface area contributed by atoms with E-state index >= 15 is 0 Å². The molecule has 20 heavy (non-hydrogen) atoms. The van der Waals surface area contributed by atoms with E-state index in [-0.39, 0.29) is 18.5 Å². The van der Waals surface area contributed by atoms with Gasteiger partial charge in [0.25, 0.3) is 0 Å². The molecule has 2 nitrogen and oxygen atoms in total. The summed E-state index contributed by atoms with van der Waals surface area (Å²) in [6.07, 6.45) is 0. The zero-order valence-corrected chi connectivity index (χ0v) is 12.4. The van der Waals surface area contributed by atoms with Gasteiger partial charge in [-0.05, 0) is 25.1 Å². The molecule has 0 unspecified atom stereocenters. The zero-order valence-electron chi connectivity index (χ0n) is 10.9. The van der Waals surface area contributed by atoms with Crippen LogP contribution in [-0.2, 0) is 6.61 Å². The third kappa shape index (κ3) is 3.42. The fourth-order valence-corrected chi connectivity index (χ4v) is 2.30. The second-order valence-corrected chi connectivity index (χ2v) is 5.28. The highest BCUT2D eigenvalue weighted by Crippen LogP contribution is 2.27. The van der Waals surface area contributed by atoms with Gasteiger partial charge in [0, 0.05) is 33.3 Å². The Kier molecular flexibility index (Phi) is 4.86. The normalized spacial score (nSPS) is 12.2. The minimum Gasteiger partial charge on any atom is -0.489 e. The summed E-state index contributed by atoms with van der Waals surface area (Å²) in [5, 5.41) is 1.04. The molecule has 0 spiro atoms. The summed E-state index contributed by atoms with van der Waals surface area (Å²) in [5.41, 5.74) is 6.78. The first-order valence-corrected chi connectivity index (χ1v) is 6.85. The summed E-state index contributed by atoms with van der Waals surface area (Å²) in [6.45, 7) is 1.90. The number of hydrogen-bond donors (Lipinski definition) is 1. The topological polar surface area (TPSA) is 35.2 Å². The Labute approximate surface area is 127 Å². The van der Waals surface area contributed by atoms with Crippen molar-refractivity contribution in [2.75, 3.05) is 0 Å². The van der Waals surface area contributed by atoms with Gasteiger partial charge in [0.05, 0.1) is 0 Å². The molecule has 0 aliphatic carbocycles. The van der Waals surface area contributed by atoms with Crippen LogP contribution in [0.5, 0.6) is 5.75 Å². The number of hydrogen-bond acceptors (Lipinski definition) is 2. The fourth-order valence-electron chi connectivity index (χ4n) is 1.79. The molecule has 0 fully saturated rings. The van der Waals surface area contributed by atoms with Crippen LogP contribution in [-0.4, -0.2) is 0 Å². The summed E-state index contributed by atoms with van der Waals surface area (Å²) in [6, 6.07) is 9.45. The smallest absolute Gasteiger partial charge is 0.131 e. The van der Waals surface area contributed by atoms with E-state index in [1.165, 1.54) is 6.07 Å². The largest absolute Gasteiger partial charge is 0.489 e. The third-order valence-corrected chi connectivity index (χ3v) is 3.62. The van der Waals surface area contributed by atoms with Gasteiger partial charge >= 0.3 is 0 Å². The van der Waals surface area contributed by atoms with Crippen LogP contribution in [0.2, 0.25) is 10.0 Å². The summed E-state index contributed by atoms with van der Waals surface area (Å²) < 4.78 is 19.3. The number of rotatable bonds is 4. The molecule has 0 amide bonds. The van der Waals surface area contributed by atoms with Crippen LogP contribution >= 0.6 is 23.2 Å². The lowest BCUT2D eigenvalue weighted by Crippen LogP contribution is -2.07. The average molecular weight is 314 g/mol.